The van der Waals surface area contributed by atoms with Gasteiger partial charge in [0.1, 0.15) is 0 Å². The number of benzene rings is 3. The molecule has 0 spiro atoms. The van der Waals surface area contributed by atoms with Crippen molar-refractivity contribution in [2.75, 3.05) is 0 Å². The van der Waals surface area contributed by atoms with Gasteiger partial charge in [0.25, 0.3) is 0 Å². The van der Waals surface area contributed by atoms with Crippen molar-refractivity contribution >= 4 is 11.0 Å². The minimum atomic E-state index is -2.15. The van der Waals surface area contributed by atoms with Gasteiger partial charge in [0.05, 0.1) is 16.9 Å². The molecule has 0 saturated heterocycles. The van der Waals surface area contributed by atoms with Crippen molar-refractivity contribution in [3.05, 3.63) is 84.4 Å². The Balaban J connectivity index is 0.00000196. The summed E-state index contributed by atoms with van der Waals surface area (Å²) in [5.41, 5.74) is 3.65. The van der Waals surface area contributed by atoms with Crippen LogP contribution in [0, 0.1) is 12.9 Å². The van der Waals surface area contributed by atoms with Crippen molar-refractivity contribution in [3.8, 4) is 17.1 Å². The molecular formula is C20H15IrN2-. The first-order valence-electron chi connectivity index (χ1n) is 8.59. The van der Waals surface area contributed by atoms with Gasteiger partial charge in [0, 0.05) is 29.9 Å². The van der Waals surface area contributed by atoms with E-state index in [2.05, 4.69) is 6.07 Å². The third-order valence-corrected chi connectivity index (χ3v) is 3.62. The molecule has 1 radical (unpaired) electrons. The predicted molar refractivity (Wildman–Crippen MR) is 90.1 cm³/mol. The quantitative estimate of drug-likeness (QED) is 0.379. The summed E-state index contributed by atoms with van der Waals surface area (Å²) in [6.45, 7) is -2.15. The first-order chi connectivity index (χ1) is 12.0. The Morgan fingerprint density at radius 3 is 2.57 bits per heavy atom. The van der Waals surface area contributed by atoms with E-state index in [0.29, 0.717) is 11.1 Å². The van der Waals surface area contributed by atoms with Crippen molar-refractivity contribution in [2.24, 2.45) is 0 Å². The van der Waals surface area contributed by atoms with E-state index < -0.39 is 6.85 Å². The van der Waals surface area contributed by atoms with E-state index in [0.717, 1.165) is 22.6 Å². The third-order valence-electron chi connectivity index (χ3n) is 3.62. The maximum atomic E-state index is 7.63. The monoisotopic (exact) mass is 479 g/mol. The number of aromatic nitrogens is 2. The number of para-hydroxylation sites is 1. The molecule has 0 N–H and O–H groups in total. The Kier molecular flexibility index (Phi) is 3.45. The van der Waals surface area contributed by atoms with Crippen molar-refractivity contribution < 1.29 is 24.2 Å². The van der Waals surface area contributed by atoms with Crippen LogP contribution in [0.25, 0.3) is 28.1 Å². The van der Waals surface area contributed by atoms with Crippen LogP contribution in [-0.2, 0) is 20.1 Å². The summed E-state index contributed by atoms with van der Waals surface area (Å²) in [5.74, 6) is 0.740. The zero-order chi connectivity index (χ0) is 17.4. The second-order valence-corrected chi connectivity index (χ2v) is 5.09. The van der Waals surface area contributed by atoms with E-state index >= 15 is 0 Å². The number of imidazole rings is 1. The zero-order valence-electron chi connectivity index (χ0n) is 15.2. The number of hydrogen-bond donors (Lipinski definition) is 0. The molecule has 0 aliphatic carbocycles. The molecule has 0 unspecified atom stereocenters. The molecule has 4 aromatic rings. The van der Waals surface area contributed by atoms with E-state index in [1.807, 2.05) is 65.2 Å². The Hall–Kier alpha value is -2.22. The molecule has 23 heavy (non-hydrogen) atoms. The van der Waals surface area contributed by atoms with E-state index in [1.165, 1.54) is 0 Å². The molecule has 0 atom stereocenters. The second-order valence-electron chi connectivity index (χ2n) is 5.09. The van der Waals surface area contributed by atoms with Gasteiger partial charge in [0.15, 0.2) is 0 Å². The summed E-state index contributed by atoms with van der Waals surface area (Å²) in [4.78, 5) is 4.72. The number of nitrogens with zero attached hydrogens (tertiary/aromatic N) is 2. The molecule has 4 rings (SSSR count). The maximum Gasteiger partial charge on any atom is 0.0777 e. The summed E-state index contributed by atoms with van der Waals surface area (Å²) in [6, 6.07) is 25.9. The molecular weight excluding hydrogens is 460 g/mol. The van der Waals surface area contributed by atoms with E-state index in [9.17, 15) is 0 Å². The van der Waals surface area contributed by atoms with Gasteiger partial charge in [-0.2, -0.15) is 0 Å². The van der Waals surface area contributed by atoms with Crippen LogP contribution in [0.4, 0.5) is 0 Å². The standard InChI is InChI=1S/C20H15N2.Ir/c1-15-12-13-19-18(14-15)21-20(16-8-4-2-5-9-16)22(19)17-10-6-3-7-11-17;/h2-8,10-14H,1H3;/q-1;/i1D3;. The normalized spacial score (nSPS) is 13.0. The molecule has 0 fully saturated rings. The van der Waals surface area contributed by atoms with Crippen LogP contribution in [0.2, 0.25) is 0 Å². The van der Waals surface area contributed by atoms with Crippen LogP contribution in [-0.4, -0.2) is 9.55 Å². The smallest absolute Gasteiger partial charge is 0.0777 e. The molecule has 3 heteroatoms. The molecule has 3 aromatic carbocycles. The van der Waals surface area contributed by atoms with Gasteiger partial charge in [0.2, 0.25) is 0 Å². The van der Waals surface area contributed by atoms with Crippen LogP contribution < -0.4 is 0 Å². The van der Waals surface area contributed by atoms with Gasteiger partial charge in [-0.3, -0.25) is 4.98 Å². The van der Waals surface area contributed by atoms with Crippen LogP contribution in [0.3, 0.4) is 0 Å². The molecule has 0 aliphatic heterocycles. The summed E-state index contributed by atoms with van der Waals surface area (Å²) in [5, 5.41) is 0. The number of fused-ring (bicyclic) bond motifs is 1. The topological polar surface area (TPSA) is 17.8 Å². The largest absolute Gasteiger partial charge is 0.333 e. The summed E-state index contributed by atoms with van der Waals surface area (Å²) in [6.07, 6.45) is 0. The van der Waals surface area contributed by atoms with Gasteiger partial charge in [-0.05, 0) is 36.7 Å². The fourth-order valence-electron chi connectivity index (χ4n) is 2.63. The van der Waals surface area contributed by atoms with Crippen LogP contribution in [0.15, 0.2) is 72.8 Å². The Morgan fingerprint density at radius 2 is 1.83 bits per heavy atom. The van der Waals surface area contributed by atoms with Crippen molar-refractivity contribution in [1.29, 1.82) is 0 Å². The average Bonchev–Trinajstić information content (AvgIpc) is 3.01. The van der Waals surface area contributed by atoms with Crippen LogP contribution >= 0.6 is 0 Å². The van der Waals surface area contributed by atoms with E-state index in [1.54, 1.807) is 12.1 Å². The Bertz CT molecular complexity index is 1030. The van der Waals surface area contributed by atoms with Gasteiger partial charge in [-0.1, -0.05) is 24.3 Å². The fraction of sp³-hybridized carbons (Fsp3) is 0.0500. The first kappa shape index (κ1) is 12.2. The van der Waals surface area contributed by atoms with Crippen molar-refractivity contribution in [2.45, 2.75) is 6.85 Å². The van der Waals surface area contributed by atoms with Gasteiger partial charge >= 0.3 is 0 Å². The number of hydrogen-bond acceptors (Lipinski definition) is 1. The minimum absolute atomic E-state index is 0. The van der Waals surface area contributed by atoms with Crippen molar-refractivity contribution in [3.63, 3.8) is 0 Å². The molecule has 115 valence electrons. The summed E-state index contributed by atoms with van der Waals surface area (Å²) >= 11 is 0. The van der Waals surface area contributed by atoms with Gasteiger partial charge < -0.3 is 4.57 Å². The zero-order valence-corrected chi connectivity index (χ0v) is 14.6. The number of rotatable bonds is 2. The molecule has 0 aliphatic rings. The molecule has 1 aromatic heterocycles. The molecule has 0 saturated carbocycles. The van der Waals surface area contributed by atoms with Crippen LogP contribution in [0.1, 0.15) is 9.68 Å². The minimum Gasteiger partial charge on any atom is -0.333 e. The summed E-state index contributed by atoms with van der Waals surface area (Å²) < 4.78 is 24.9. The van der Waals surface area contributed by atoms with Crippen LogP contribution in [0.5, 0.6) is 0 Å². The molecule has 1 heterocycles. The Morgan fingerprint density at radius 1 is 1.00 bits per heavy atom. The molecule has 0 bridgehead atoms. The second kappa shape index (κ2) is 6.49. The maximum absolute atomic E-state index is 7.63. The SMILES string of the molecule is [2H]C([2H])([2H])c1ccc2c(c1)nc(-c1[c-]cccc1)n2-c1ccccc1.[Ir]. The third kappa shape index (κ3) is 2.86. The number of aryl methyl sites for hydroxylation is 1. The fourth-order valence-corrected chi connectivity index (χ4v) is 2.63. The molecule has 0 amide bonds. The summed E-state index contributed by atoms with van der Waals surface area (Å²) in [7, 11) is 0. The van der Waals surface area contributed by atoms with E-state index in [-0.39, 0.29) is 20.1 Å². The predicted octanol–water partition coefficient (Wildman–Crippen LogP) is 4.80. The van der Waals surface area contributed by atoms with Crippen molar-refractivity contribution in [1.82, 2.24) is 9.55 Å². The Labute approximate surface area is 153 Å². The van der Waals surface area contributed by atoms with E-state index in [4.69, 9.17) is 9.10 Å². The first-order valence-corrected chi connectivity index (χ1v) is 7.09. The molecule has 2 nitrogen and oxygen atoms in total. The average molecular weight is 479 g/mol. The van der Waals surface area contributed by atoms with Gasteiger partial charge in [-0.25, -0.2) is 0 Å². The van der Waals surface area contributed by atoms with Gasteiger partial charge in [-0.15, -0.1) is 35.9 Å².